The lowest BCUT2D eigenvalue weighted by molar-refractivity contribution is -0.144. The molecule has 1 aromatic carbocycles. The predicted octanol–water partition coefficient (Wildman–Crippen LogP) is 1.71. The second-order valence-electron chi connectivity index (χ2n) is 7.33. The second kappa shape index (κ2) is 8.98. The van der Waals surface area contributed by atoms with Gasteiger partial charge in [0.2, 0.25) is 11.8 Å². The summed E-state index contributed by atoms with van der Waals surface area (Å²) in [5, 5.41) is 4.19. The zero-order chi connectivity index (χ0) is 22.6. The highest BCUT2D eigenvalue weighted by molar-refractivity contribution is 6.19. The molecule has 9 nitrogen and oxygen atoms in total. The third kappa shape index (κ3) is 4.00. The van der Waals surface area contributed by atoms with Crippen molar-refractivity contribution >= 4 is 23.5 Å². The average molecular weight is 415 g/mol. The Morgan fingerprint density at radius 2 is 1.43 bits per heavy atom. The number of aromatic nitrogens is 2. The smallest absolute Gasteiger partial charge is 0.328 e. The number of hydrogen-bond donors (Lipinski definition) is 2. The molecule has 0 saturated carbocycles. The number of rotatable bonds is 4. The quantitative estimate of drug-likeness (QED) is 0.740. The highest BCUT2D eigenvalue weighted by atomic mass is 16.2. The Labute approximate surface area is 175 Å². The maximum atomic E-state index is 12.4. The Balaban J connectivity index is 0.000000222. The number of barbiturate groups is 1. The standard InChI is InChI=1S/C13H17N3O.C8H12N2O3/c1-10-12(14(2)3)13(17)16(15(10)4)11-8-6-5-7-9-11;1-3-8(4-2)5(11)9-7(13)10-6(8)12/h5-9H,1-4H3;3-4H2,1-2H3,(H2,9,10,11,12,13). The molecular formula is C21H29N5O4. The van der Waals surface area contributed by atoms with Gasteiger partial charge in [-0.3, -0.25) is 29.7 Å². The third-order valence-electron chi connectivity index (χ3n) is 5.50. The molecule has 9 heteroatoms. The minimum absolute atomic E-state index is 0.0150. The van der Waals surface area contributed by atoms with Crippen LogP contribution in [0, 0.1) is 12.3 Å². The number of benzene rings is 1. The van der Waals surface area contributed by atoms with E-state index < -0.39 is 23.3 Å². The van der Waals surface area contributed by atoms with Gasteiger partial charge in [-0.15, -0.1) is 0 Å². The molecule has 0 unspecified atom stereocenters. The van der Waals surface area contributed by atoms with Crippen LogP contribution in [0.3, 0.4) is 0 Å². The van der Waals surface area contributed by atoms with Crippen LogP contribution in [0.1, 0.15) is 32.4 Å². The molecule has 0 bridgehead atoms. The Morgan fingerprint density at radius 3 is 1.83 bits per heavy atom. The SMILES string of the molecule is CCC1(CC)C(=O)NC(=O)NC1=O.Cc1c(N(C)C)c(=O)n(-c2ccccc2)n1C. The van der Waals surface area contributed by atoms with E-state index in [-0.39, 0.29) is 5.56 Å². The second-order valence-corrected chi connectivity index (χ2v) is 7.33. The van der Waals surface area contributed by atoms with E-state index in [2.05, 4.69) is 10.6 Å². The Hall–Kier alpha value is -3.36. The lowest BCUT2D eigenvalue weighted by Crippen LogP contribution is -2.61. The summed E-state index contributed by atoms with van der Waals surface area (Å²) < 4.78 is 3.57. The molecule has 1 aliphatic rings. The van der Waals surface area contributed by atoms with Crippen LogP contribution < -0.4 is 21.1 Å². The molecular weight excluding hydrogens is 386 g/mol. The van der Waals surface area contributed by atoms with Crippen molar-refractivity contribution in [2.45, 2.75) is 33.6 Å². The van der Waals surface area contributed by atoms with Crippen molar-refractivity contribution in [3.05, 3.63) is 46.4 Å². The van der Waals surface area contributed by atoms with E-state index in [0.717, 1.165) is 17.1 Å². The Bertz CT molecular complexity index is 978. The first kappa shape index (κ1) is 22.9. The summed E-state index contributed by atoms with van der Waals surface area (Å²) >= 11 is 0. The van der Waals surface area contributed by atoms with Gasteiger partial charge in [-0.1, -0.05) is 32.0 Å². The first-order valence-electron chi connectivity index (χ1n) is 9.78. The maximum absolute atomic E-state index is 12.4. The number of anilines is 1. The minimum Gasteiger partial charge on any atom is -0.372 e. The molecule has 1 aliphatic heterocycles. The number of nitrogens with zero attached hydrogens (tertiary/aromatic N) is 3. The number of carbonyl (C=O) groups is 3. The van der Waals surface area contributed by atoms with Gasteiger partial charge in [0.1, 0.15) is 11.1 Å². The maximum Gasteiger partial charge on any atom is 0.328 e. The lowest BCUT2D eigenvalue weighted by Gasteiger charge is -2.31. The lowest BCUT2D eigenvalue weighted by atomic mass is 9.79. The van der Waals surface area contributed by atoms with Crippen molar-refractivity contribution < 1.29 is 14.4 Å². The molecule has 1 saturated heterocycles. The van der Waals surface area contributed by atoms with Gasteiger partial charge in [0.25, 0.3) is 5.56 Å². The monoisotopic (exact) mass is 415 g/mol. The van der Waals surface area contributed by atoms with Crippen LogP contribution in [0.25, 0.3) is 5.69 Å². The van der Waals surface area contributed by atoms with E-state index in [1.165, 1.54) is 0 Å². The van der Waals surface area contributed by atoms with Crippen molar-refractivity contribution in [2.75, 3.05) is 19.0 Å². The predicted molar refractivity (Wildman–Crippen MR) is 115 cm³/mol. The van der Waals surface area contributed by atoms with Gasteiger partial charge in [-0.25, -0.2) is 9.48 Å². The van der Waals surface area contributed by atoms with E-state index in [0.29, 0.717) is 12.8 Å². The molecule has 162 valence electrons. The first-order chi connectivity index (χ1) is 14.1. The van der Waals surface area contributed by atoms with Crippen molar-refractivity contribution in [1.82, 2.24) is 20.0 Å². The summed E-state index contributed by atoms with van der Waals surface area (Å²) in [5.74, 6) is -0.988. The van der Waals surface area contributed by atoms with Gasteiger partial charge >= 0.3 is 6.03 Å². The summed E-state index contributed by atoms with van der Waals surface area (Å²) in [6.07, 6.45) is 0.795. The van der Waals surface area contributed by atoms with Gasteiger partial charge in [-0.2, -0.15) is 0 Å². The Kier molecular flexibility index (Phi) is 6.86. The minimum atomic E-state index is -1.06. The van der Waals surface area contributed by atoms with E-state index in [4.69, 9.17) is 0 Å². The summed E-state index contributed by atoms with van der Waals surface area (Å²) in [7, 11) is 5.68. The van der Waals surface area contributed by atoms with Gasteiger partial charge in [-0.05, 0) is 31.9 Å². The van der Waals surface area contributed by atoms with Crippen molar-refractivity contribution in [1.29, 1.82) is 0 Å². The molecule has 2 aromatic rings. The molecule has 2 heterocycles. The zero-order valence-electron chi connectivity index (χ0n) is 18.3. The summed E-state index contributed by atoms with van der Waals surface area (Å²) in [6.45, 7) is 5.45. The van der Waals surface area contributed by atoms with Crippen molar-refractivity contribution in [3.8, 4) is 5.69 Å². The van der Waals surface area contributed by atoms with Gasteiger partial charge in [0.15, 0.2) is 0 Å². The third-order valence-corrected chi connectivity index (χ3v) is 5.50. The largest absolute Gasteiger partial charge is 0.372 e. The molecule has 1 aromatic heterocycles. The first-order valence-corrected chi connectivity index (χ1v) is 9.78. The highest BCUT2D eigenvalue weighted by Crippen LogP contribution is 2.28. The van der Waals surface area contributed by atoms with Crippen LogP contribution in [0.15, 0.2) is 35.1 Å². The molecule has 1 fully saturated rings. The number of nitrogens with one attached hydrogen (secondary N) is 2. The van der Waals surface area contributed by atoms with Crippen LogP contribution in [0.5, 0.6) is 0 Å². The molecule has 0 spiro atoms. The van der Waals surface area contributed by atoms with E-state index in [9.17, 15) is 19.2 Å². The molecule has 0 atom stereocenters. The van der Waals surface area contributed by atoms with Crippen LogP contribution in [-0.4, -0.2) is 41.3 Å². The fourth-order valence-electron chi connectivity index (χ4n) is 3.54. The van der Waals surface area contributed by atoms with E-state index in [1.807, 2.05) is 68.0 Å². The number of carbonyl (C=O) groups excluding carboxylic acids is 3. The van der Waals surface area contributed by atoms with E-state index >= 15 is 0 Å². The summed E-state index contributed by atoms with van der Waals surface area (Å²) in [5.41, 5.74) is 1.53. The van der Waals surface area contributed by atoms with Crippen molar-refractivity contribution in [2.24, 2.45) is 12.5 Å². The normalized spacial score (nSPS) is 15.1. The van der Waals surface area contributed by atoms with Gasteiger partial charge in [0, 0.05) is 21.1 Å². The fraction of sp³-hybridized carbons (Fsp3) is 0.429. The molecule has 3 rings (SSSR count). The van der Waals surface area contributed by atoms with Crippen LogP contribution in [-0.2, 0) is 16.6 Å². The van der Waals surface area contributed by atoms with Gasteiger partial charge < -0.3 is 4.90 Å². The van der Waals surface area contributed by atoms with Crippen LogP contribution in [0.2, 0.25) is 0 Å². The van der Waals surface area contributed by atoms with Crippen LogP contribution >= 0.6 is 0 Å². The average Bonchev–Trinajstić information content (AvgIpc) is 2.92. The number of amides is 4. The molecule has 2 N–H and O–H groups in total. The Morgan fingerprint density at radius 1 is 0.933 bits per heavy atom. The van der Waals surface area contributed by atoms with Crippen LogP contribution in [0.4, 0.5) is 10.5 Å². The topological polar surface area (TPSA) is 105 Å². The number of urea groups is 1. The zero-order valence-corrected chi connectivity index (χ0v) is 18.3. The number of imide groups is 2. The highest BCUT2D eigenvalue weighted by Gasteiger charge is 2.47. The molecule has 30 heavy (non-hydrogen) atoms. The number of hydrogen-bond acceptors (Lipinski definition) is 5. The van der Waals surface area contributed by atoms with E-state index in [1.54, 1.807) is 18.5 Å². The van der Waals surface area contributed by atoms with Crippen molar-refractivity contribution in [3.63, 3.8) is 0 Å². The summed E-state index contributed by atoms with van der Waals surface area (Å²) in [4.78, 5) is 47.8. The van der Waals surface area contributed by atoms with Gasteiger partial charge in [0.05, 0.1) is 11.4 Å². The summed E-state index contributed by atoms with van der Waals surface area (Å²) in [6, 6.07) is 8.93. The molecule has 4 amide bonds. The number of para-hydroxylation sites is 1. The molecule has 0 radical (unpaired) electrons. The molecule has 0 aliphatic carbocycles. The fourth-order valence-corrected chi connectivity index (χ4v) is 3.54.